The molecule has 18 heavy (non-hydrogen) atoms. The van der Waals surface area contributed by atoms with Gasteiger partial charge in [0.1, 0.15) is 5.82 Å². The minimum atomic E-state index is -0.310. The summed E-state index contributed by atoms with van der Waals surface area (Å²) >= 11 is 1.33. The summed E-state index contributed by atoms with van der Waals surface area (Å²) in [5.74, 6) is 0.565. The first-order chi connectivity index (χ1) is 8.69. The molecule has 1 atom stereocenters. The zero-order valence-corrected chi connectivity index (χ0v) is 10.4. The molecule has 0 aliphatic rings. The monoisotopic (exact) mass is 263 g/mol. The van der Waals surface area contributed by atoms with E-state index in [0.717, 1.165) is 0 Å². The Kier molecular flexibility index (Phi) is 3.95. The number of halogens is 1. The predicted octanol–water partition coefficient (Wildman–Crippen LogP) is 3.13. The molecule has 0 bridgehead atoms. The largest absolute Gasteiger partial charge is 0.411 e. The minimum absolute atomic E-state index is 0.0730. The van der Waals surface area contributed by atoms with Crippen molar-refractivity contribution in [2.75, 3.05) is 5.75 Å². The van der Waals surface area contributed by atoms with E-state index in [1.54, 1.807) is 12.1 Å². The molecule has 0 saturated heterocycles. The summed E-state index contributed by atoms with van der Waals surface area (Å²) in [5, 5.41) is 16.8. The molecular formula is C12H10FN3OS. The molecule has 0 amide bonds. The molecule has 0 radical (unpaired) electrons. The summed E-state index contributed by atoms with van der Waals surface area (Å²) in [6.45, 7) is 1.82. The maximum Gasteiger partial charge on any atom is 0.276 e. The molecule has 0 spiro atoms. The van der Waals surface area contributed by atoms with Gasteiger partial charge in [0, 0.05) is 11.3 Å². The minimum Gasteiger partial charge on any atom is -0.411 e. The third-order valence-corrected chi connectivity index (χ3v) is 3.25. The molecule has 1 aromatic heterocycles. The Hall–Kier alpha value is -1.87. The molecule has 6 heteroatoms. The number of rotatable bonds is 4. The SMILES string of the molecule is C[C@H](C#N)CSc1nnc(-c2ccc(F)cc2)o1. The fourth-order valence-corrected chi connectivity index (χ4v) is 1.91. The first-order valence-electron chi connectivity index (χ1n) is 5.31. The van der Waals surface area contributed by atoms with Gasteiger partial charge in [-0.3, -0.25) is 0 Å². The first kappa shape index (κ1) is 12.6. The van der Waals surface area contributed by atoms with Crippen LogP contribution in [-0.4, -0.2) is 16.0 Å². The summed E-state index contributed by atoms with van der Waals surface area (Å²) in [6.07, 6.45) is 0. The third-order valence-electron chi connectivity index (χ3n) is 2.17. The lowest BCUT2D eigenvalue weighted by molar-refractivity contribution is 0.465. The van der Waals surface area contributed by atoms with E-state index in [9.17, 15) is 4.39 Å². The van der Waals surface area contributed by atoms with Crippen molar-refractivity contribution in [1.29, 1.82) is 5.26 Å². The molecule has 0 saturated carbocycles. The third kappa shape index (κ3) is 3.08. The van der Waals surface area contributed by atoms with Crippen molar-refractivity contribution in [2.45, 2.75) is 12.1 Å². The number of hydrogen-bond acceptors (Lipinski definition) is 5. The highest BCUT2D eigenvalue weighted by molar-refractivity contribution is 7.99. The summed E-state index contributed by atoms with van der Waals surface area (Å²) in [7, 11) is 0. The number of nitriles is 1. The highest BCUT2D eigenvalue weighted by Crippen LogP contribution is 2.24. The Morgan fingerprint density at radius 1 is 1.39 bits per heavy atom. The van der Waals surface area contributed by atoms with Crippen molar-refractivity contribution in [2.24, 2.45) is 5.92 Å². The van der Waals surface area contributed by atoms with Gasteiger partial charge >= 0.3 is 0 Å². The van der Waals surface area contributed by atoms with Gasteiger partial charge in [-0.25, -0.2) is 4.39 Å². The van der Waals surface area contributed by atoms with E-state index in [2.05, 4.69) is 16.3 Å². The Bertz CT molecular complexity index is 561. The summed E-state index contributed by atoms with van der Waals surface area (Å²) in [4.78, 5) is 0. The fourth-order valence-electron chi connectivity index (χ4n) is 1.21. The second kappa shape index (κ2) is 5.65. The van der Waals surface area contributed by atoms with Crippen molar-refractivity contribution in [3.05, 3.63) is 30.1 Å². The molecule has 92 valence electrons. The van der Waals surface area contributed by atoms with Gasteiger partial charge in [0.25, 0.3) is 5.22 Å². The second-order valence-electron chi connectivity index (χ2n) is 3.72. The smallest absolute Gasteiger partial charge is 0.276 e. The lowest BCUT2D eigenvalue weighted by Gasteiger charge is -1.97. The van der Waals surface area contributed by atoms with Crippen LogP contribution in [0.3, 0.4) is 0 Å². The van der Waals surface area contributed by atoms with Crippen LogP contribution in [0.25, 0.3) is 11.5 Å². The Balaban J connectivity index is 2.06. The van der Waals surface area contributed by atoms with Crippen LogP contribution in [0.4, 0.5) is 4.39 Å². The highest BCUT2D eigenvalue weighted by Gasteiger charge is 2.10. The quantitative estimate of drug-likeness (QED) is 0.793. The van der Waals surface area contributed by atoms with Crippen LogP contribution in [0.1, 0.15) is 6.92 Å². The summed E-state index contributed by atoms with van der Waals surface area (Å²) in [5.41, 5.74) is 0.670. The van der Waals surface area contributed by atoms with E-state index in [-0.39, 0.29) is 11.7 Å². The molecule has 0 unspecified atom stereocenters. The summed E-state index contributed by atoms with van der Waals surface area (Å²) in [6, 6.07) is 7.96. The van der Waals surface area contributed by atoms with Crippen LogP contribution in [0.15, 0.2) is 33.9 Å². The van der Waals surface area contributed by atoms with Crippen LogP contribution in [-0.2, 0) is 0 Å². The van der Waals surface area contributed by atoms with E-state index in [4.69, 9.17) is 9.68 Å². The van der Waals surface area contributed by atoms with E-state index >= 15 is 0 Å². The van der Waals surface area contributed by atoms with Crippen molar-refractivity contribution in [3.8, 4) is 17.5 Å². The molecule has 2 rings (SSSR count). The number of hydrogen-bond donors (Lipinski definition) is 0. The van der Waals surface area contributed by atoms with Gasteiger partial charge < -0.3 is 4.42 Å². The average molecular weight is 263 g/mol. The molecule has 0 aliphatic carbocycles. The predicted molar refractivity (Wildman–Crippen MR) is 65.2 cm³/mol. The molecule has 1 aromatic carbocycles. The molecule has 1 heterocycles. The standard InChI is InChI=1S/C12H10FN3OS/c1-8(6-14)7-18-12-16-15-11(17-12)9-2-4-10(13)5-3-9/h2-5,8H,7H2,1H3/t8-/m1/s1. The van der Waals surface area contributed by atoms with Crippen LogP contribution < -0.4 is 0 Å². The number of aromatic nitrogens is 2. The number of nitrogens with zero attached hydrogens (tertiary/aromatic N) is 3. The van der Waals surface area contributed by atoms with Gasteiger partial charge in [-0.15, -0.1) is 10.2 Å². The molecular weight excluding hydrogens is 253 g/mol. The van der Waals surface area contributed by atoms with Gasteiger partial charge in [-0.05, 0) is 31.2 Å². The Morgan fingerprint density at radius 2 is 2.11 bits per heavy atom. The van der Waals surface area contributed by atoms with Crippen molar-refractivity contribution >= 4 is 11.8 Å². The molecule has 0 fully saturated rings. The van der Waals surface area contributed by atoms with Gasteiger partial charge in [0.05, 0.1) is 12.0 Å². The van der Waals surface area contributed by atoms with Crippen molar-refractivity contribution < 1.29 is 8.81 Å². The van der Waals surface area contributed by atoms with E-state index in [0.29, 0.717) is 22.4 Å². The topological polar surface area (TPSA) is 62.7 Å². The van der Waals surface area contributed by atoms with Gasteiger partial charge in [0.2, 0.25) is 5.89 Å². The molecule has 0 aliphatic heterocycles. The Labute approximate surface area is 108 Å². The molecule has 4 nitrogen and oxygen atoms in total. The highest BCUT2D eigenvalue weighted by atomic mass is 32.2. The van der Waals surface area contributed by atoms with Gasteiger partial charge in [0.15, 0.2) is 0 Å². The average Bonchev–Trinajstić information content (AvgIpc) is 2.85. The van der Waals surface area contributed by atoms with E-state index in [1.165, 1.54) is 23.9 Å². The van der Waals surface area contributed by atoms with E-state index < -0.39 is 0 Å². The number of benzene rings is 1. The zero-order chi connectivity index (χ0) is 13.0. The van der Waals surface area contributed by atoms with Crippen LogP contribution in [0.5, 0.6) is 0 Å². The lowest BCUT2D eigenvalue weighted by Crippen LogP contribution is -1.92. The van der Waals surface area contributed by atoms with Gasteiger partial charge in [-0.1, -0.05) is 11.8 Å². The van der Waals surface area contributed by atoms with Crippen molar-refractivity contribution in [3.63, 3.8) is 0 Å². The van der Waals surface area contributed by atoms with Crippen LogP contribution >= 0.6 is 11.8 Å². The second-order valence-corrected chi connectivity index (χ2v) is 4.69. The summed E-state index contributed by atoms with van der Waals surface area (Å²) < 4.78 is 18.2. The van der Waals surface area contributed by atoms with Crippen LogP contribution in [0.2, 0.25) is 0 Å². The maximum absolute atomic E-state index is 12.8. The van der Waals surface area contributed by atoms with Gasteiger partial charge in [-0.2, -0.15) is 5.26 Å². The zero-order valence-electron chi connectivity index (χ0n) is 9.63. The van der Waals surface area contributed by atoms with Crippen LogP contribution in [0, 0.1) is 23.1 Å². The van der Waals surface area contributed by atoms with E-state index in [1.807, 2.05) is 6.92 Å². The molecule has 0 N–H and O–H groups in total. The number of thioether (sulfide) groups is 1. The maximum atomic E-state index is 12.8. The van der Waals surface area contributed by atoms with Crippen molar-refractivity contribution in [1.82, 2.24) is 10.2 Å². The lowest BCUT2D eigenvalue weighted by atomic mass is 10.2. The fraction of sp³-hybridized carbons (Fsp3) is 0.250. The molecule has 2 aromatic rings. The Morgan fingerprint density at radius 3 is 2.78 bits per heavy atom. The normalized spacial score (nSPS) is 12.1. The first-order valence-corrected chi connectivity index (χ1v) is 6.29.